The number of benzene rings is 1. The van der Waals surface area contributed by atoms with E-state index in [0.29, 0.717) is 25.7 Å². The van der Waals surface area contributed by atoms with Crippen LogP contribution in [0.4, 0.5) is 19.3 Å². The van der Waals surface area contributed by atoms with Crippen molar-refractivity contribution in [1.29, 1.82) is 0 Å². The normalized spacial score (nSPS) is 16.1. The standard InChI is InChI=1S/C17H21F2N3O3/c1-3-7-17(8-4-2)15(24)22(16(25)21-17)10-14(23)20-11-5-6-12(18)13(19)9-11/h5-6,9H,3-4,7-8,10H2,1-2H3,(H,20,23)(H,21,25). The SMILES string of the molecule is CCCC1(CCC)NC(=O)N(CC(=O)Nc2ccc(F)c(F)c2)C1=O. The molecule has 136 valence electrons. The fourth-order valence-electron chi connectivity index (χ4n) is 3.06. The van der Waals surface area contributed by atoms with Crippen LogP contribution in [0.5, 0.6) is 0 Å². The second kappa shape index (κ2) is 7.58. The molecule has 1 fully saturated rings. The average molecular weight is 353 g/mol. The maximum absolute atomic E-state index is 13.2. The van der Waals surface area contributed by atoms with Gasteiger partial charge < -0.3 is 10.6 Å². The van der Waals surface area contributed by atoms with Gasteiger partial charge in [0.05, 0.1) is 0 Å². The summed E-state index contributed by atoms with van der Waals surface area (Å²) in [5.41, 5.74) is -0.924. The fourth-order valence-corrected chi connectivity index (χ4v) is 3.06. The Balaban J connectivity index is 2.08. The summed E-state index contributed by atoms with van der Waals surface area (Å²) in [7, 11) is 0. The summed E-state index contributed by atoms with van der Waals surface area (Å²) in [6, 6.07) is 2.29. The lowest BCUT2D eigenvalue weighted by Crippen LogP contribution is -2.47. The Morgan fingerprint density at radius 1 is 1.16 bits per heavy atom. The number of hydrogen-bond acceptors (Lipinski definition) is 3. The quantitative estimate of drug-likeness (QED) is 0.740. The molecule has 0 spiro atoms. The van der Waals surface area contributed by atoms with E-state index in [9.17, 15) is 23.2 Å². The van der Waals surface area contributed by atoms with Crippen molar-refractivity contribution in [2.75, 3.05) is 11.9 Å². The summed E-state index contributed by atoms with van der Waals surface area (Å²) in [5, 5.41) is 5.05. The van der Waals surface area contributed by atoms with E-state index in [-0.39, 0.29) is 5.69 Å². The molecule has 1 saturated heterocycles. The maximum Gasteiger partial charge on any atom is 0.325 e. The first-order chi connectivity index (χ1) is 11.8. The monoisotopic (exact) mass is 353 g/mol. The van der Waals surface area contributed by atoms with E-state index in [4.69, 9.17) is 0 Å². The van der Waals surface area contributed by atoms with E-state index in [0.717, 1.165) is 17.0 Å². The number of imide groups is 1. The summed E-state index contributed by atoms with van der Waals surface area (Å²) < 4.78 is 26.1. The molecule has 25 heavy (non-hydrogen) atoms. The molecule has 0 aliphatic carbocycles. The largest absolute Gasteiger partial charge is 0.325 e. The summed E-state index contributed by atoms with van der Waals surface area (Å²) in [6.07, 6.45) is 2.40. The molecule has 6 nitrogen and oxygen atoms in total. The highest BCUT2D eigenvalue weighted by atomic mass is 19.2. The second-order valence-corrected chi connectivity index (χ2v) is 6.08. The third kappa shape index (κ3) is 3.94. The van der Waals surface area contributed by atoms with Crippen LogP contribution in [-0.4, -0.2) is 34.8 Å². The van der Waals surface area contributed by atoms with Crippen LogP contribution in [0, 0.1) is 11.6 Å². The Morgan fingerprint density at radius 2 is 1.80 bits per heavy atom. The first-order valence-electron chi connectivity index (χ1n) is 8.22. The van der Waals surface area contributed by atoms with E-state index >= 15 is 0 Å². The zero-order valence-corrected chi connectivity index (χ0v) is 14.2. The first kappa shape index (κ1) is 18.8. The molecule has 1 aromatic carbocycles. The van der Waals surface area contributed by atoms with E-state index in [1.807, 2.05) is 13.8 Å². The number of halogens is 2. The van der Waals surface area contributed by atoms with Gasteiger partial charge in [-0.2, -0.15) is 0 Å². The van der Waals surface area contributed by atoms with Gasteiger partial charge in [-0.25, -0.2) is 13.6 Å². The van der Waals surface area contributed by atoms with Crippen LogP contribution >= 0.6 is 0 Å². The van der Waals surface area contributed by atoms with Gasteiger partial charge in [0.15, 0.2) is 11.6 Å². The Morgan fingerprint density at radius 3 is 2.36 bits per heavy atom. The summed E-state index contributed by atoms with van der Waals surface area (Å²) in [5.74, 6) is -3.23. The lowest BCUT2D eigenvalue weighted by molar-refractivity contribution is -0.134. The highest BCUT2D eigenvalue weighted by Gasteiger charge is 2.50. The van der Waals surface area contributed by atoms with Crippen molar-refractivity contribution in [2.45, 2.75) is 45.1 Å². The third-order valence-electron chi connectivity index (χ3n) is 4.10. The Labute approximate surface area is 144 Å². The molecule has 2 rings (SSSR count). The number of carbonyl (C=O) groups excluding carboxylic acids is 3. The molecule has 4 amide bonds. The van der Waals surface area contributed by atoms with Crippen molar-refractivity contribution in [3.63, 3.8) is 0 Å². The van der Waals surface area contributed by atoms with Crippen LogP contribution in [0.15, 0.2) is 18.2 Å². The number of nitrogens with zero attached hydrogens (tertiary/aromatic N) is 1. The van der Waals surface area contributed by atoms with Gasteiger partial charge in [-0.05, 0) is 25.0 Å². The van der Waals surface area contributed by atoms with Crippen LogP contribution < -0.4 is 10.6 Å². The van der Waals surface area contributed by atoms with Gasteiger partial charge >= 0.3 is 6.03 Å². The molecule has 0 atom stereocenters. The maximum atomic E-state index is 13.2. The van der Waals surface area contributed by atoms with E-state index in [1.165, 1.54) is 6.07 Å². The molecule has 1 aromatic rings. The van der Waals surface area contributed by atoms with Crippen molar-refractivity contribution < 1.29 is 23.2 Å². The Kier molecular flexibility index (Phi) is 5.71. The van der Waals surface area contributed by atoms with Crippen molar-refractivity contribution >= 4 is 23.5 Å². The molecule has 0 aromatic heterocycles. The molecular formula is C17H21F2N3O3. The number of anilines is 1. The van der Waals surface area contributed by atoms with Gasteiger partial charge in [-0.15, -0.1) is 0 Å². The molecule has 1 aliphatic heterocycles. The smallest absolute Gasteiger partial charge is 0.324 e. The third-order valence-corrected chi connectivity index (χ3v) is 4.10. The fraction of sp³-hybridized carbons (Fsp3) is 0.471. The highest BCUT2D eigenvalue weighted by Crippen LogP contribution is 2.28. The molecular weight excluding hydrogens is 332 g/mol. The Bertz CT molecular complexity index is 688. The molecule has 2 N–H and O–H groups in total. The number of urea groups is 1. The number of hydrogen-bond donors (Lipinski definition) is 2. The highest BCUT2D eigenvalue weighted by molar-refractivity contribution is 6.10. The number of nitrogens with one attached hydrogen (secondary N) is 2. The summed E-state index contributed by atoms with van der Waals surface area (Å²) in [6.45, 7) is 3.34. The van der Waals surface area contributed by atoms with Gasteiger partial charge in [0.1, 0.15) is 12.1 Å². The van der Waals surface area contributed by atoms with Crippen molar-refractivity contribution in [1.82, 2.24) is 10.2 Å². The van der Waals surface area contributed by atoms with Gasteiger partial charge in [0, 0.05) is 11.8 Å². The number of amides is 4. The van der Waals surface area contributed by atoms with Crippen LogP contribution in [0.25, 0.3) is 0 Å². The average Bonchev–Trinajstić information content (AvgIpc) is 2.76. The minimum atomic E-state index is -1.10. The summed E-state index contributed by atoms with van der Waals surface area (Å²) >= 11 is 0. The van der Waals surface area contributed by atoms with Crippen LogP contribution in [0.2, 0.25) is 0 Å². The zero-order valence-electron chi connectivity index (χ0n) is 14.2. The van der Waals surface area contributed by atoms with Crippen LogP contribution in [0.3, 0.4) is 0 Å². The first-order valence-corrected chi connectivity index (χ1v) is 8.22. The van der Waals surface area contributed by atoms with Crippen molar-refractivity contribution in [3.8, 4) is 0 Å². The van der Waals surface area contributed by atoms with Gasteiger partial charge in [0.2, 0.25) is 5.91 Å². The molecule has 0 saturated carbocycles. The zero-order chi connectivity index (χ0) is 18.6. The molecule has 0 bridgehead atoms. The predicted molar refractivity (Wildman–Crippen MR) is 87.8 cm³/mol. The Hall–Kier alpha value is -2.51. The van der Waals surface area contributed by atoms with Gasteiger partial charge in [0.25, 0.3) is 5.91 Å². The number of carbonyl (C=O) groups is 3. The predicted octanol–water partition coefficient (Wildman–Crippen LogP) is 2.79. The molecule has 1 aliphatic rings. The topological polar surface area (TPSA) is 78.5 Å². The summed E-state index contributed by atoms with van der Waals surface area (Å²) in [4.78, 5) is 37.7. The molecule has 1 heterocycles. The van der Waals surface area contributed by atoms with Gasteiger partial charge in [-0.1, -0.05) is 26.7 Å². The second-order valence-electron chi connectivity index (χ2n) is 6.08. The van der Waals surface area contributed by atoms with Crippen LogP contribution in [-0.2, 0) is 9.59 Å². The van der Waals surface area contributed by atoms with Crippen LogP contribution in [0.1, 0.15) is 39.5 Å². The van der Waals surface area contributed by atoms with Gasteiger partial charge in [-0.3, -0.25) is 14.5 Å². The van der Waals surface area contributed by atoms with Crippen molar-refractivity contribution in [3.05, 3.63) is 29.8 Å². The lowest BCUT2D eigenvalue weighted by Gasteiger charge is -2.25. The minimum absolute atomic E-state index is 0.0457. The van der Waals surface area contributed by atoms with E-state index in [2.05, 4.69) is 10.6 Å². The van der Waals surface area contributed by atoms with E-state index < -0.39 is 41.6 Å². The van der Waals surface area contributed by atoms with E-state index in [1.54, 1.807) is 0 Å². The number of rotatable bonds is 7. The molecule has 8 heteroatoms. The lowest BCUT2D eigenvalue weighted by atomic mass is 9.88. The minimum Gasteiger partial charge on any atom is -0.324 e. The molecule has 0 unspecified atom stereocenters. The molecule has 0 radical (unpaired) electrons. The van der Waals surface area contributed by atoms with Crippen molar-refractivity contribution in [2.24, 2.45) is 0 Å².